The standard InChI is InChI=1S/C21H26F3N3O3/c22-21(23,24)20(25-17(28)12-11-15-7-3-1-4-8-15)18(29)27(19(30)26-20)14-13-16-9-5-2-6-10-16/h2,5-6,9-10,15H,1,3-4,7-8,11-14H2,(H,25,28)(H,26,30)/t20-/m1/s1. The third kappa shape index (κ3) is 4.76. The smallest absolute Gasteiger partial charge is 0.318 e. The molecule has 0 aromatic heterocycles. The second-order valence-corrected chi connectivity index (χ2v) is 7.96. The molecule has 0 unspecified atom stereocenters. The van der Waals surface area contributed by atoms with Crippen molar-refractivity contribution >= 4 is 17.8 Å². The molecule has 1 aliphatic heterocycles. The first-order chi connectivity index (χ1) is 14.2. The minimum absolute atomic E-state index is 0.115. The van der Waals surface area contributed by atoms with Crippen LogP contribution in [0.2, 0.25) is 0 Å². The number of halogens is 3. The lowest BCUT2D eigenvalue weighted by atomic mass is 9.86. The summed E-state index contributed by atoms with van der Waals surface area (Å²) in [4.78, 5) is 37.7. The van der Waals surface area contributed by atoms with Gasteiger partial charge in [0.25, 0.3) is 11.6 Å². The Morgan fingerprint density at radius 2 is 1.80 bits per heavy atom. The van der Waals surface area contributed by atoms with Crippen molar-refractivity contribution in [2.75, 3.05) is 6.54 Å². The van der Waals surface area contributed by atoms with Crippen molar-refractivity contribution < 1.29 is 27.6 Å². The van der Waals surface area contributed by atoms with Crippen LogP contribution in [0.15, 0.2) is 30.3 Å². The van der Waals surface area contributed by atoms with Crippen LogP contribution in [-0.4, -0.2) is 41.1 Å². The highest BCUT2D eigenvalue weighted by Gasteiger charge is 2.68. The first-order valence-corrected chi connectivity index (χ1v) is 10.3. The van der Waals surface area contributed by atoms with E-state index in [1.165, 1.54) is 0 Å². The van der Waals surface area contributed by atoms with Crippen molar-refractivity contribution in [1.29, 1.82) is 0 Å². The number of nitrogens with one attached hydrogen (secondary N) is 2. The van der Waals surface area contributed by atoms with Gasteiger partial charge in [0.15, 0.2) is 0 Å². The third-order valence-electron chi connectivity index (χ3n) is 5.83. The Morgan fingerprint density at radius 3 is 2.43 bits per heavy atom. The Labute approximate surface area is 173 Å². The number of hydrogen-bond acceptors (Lipinski definition) is 3. The summed E-state index contributed by atoms with van der Waals surface area (Å²) < 4.78 is 41.6. The Kier molecular flexibility index (Phi) is 6.67. The van der Waals surface area contributed by atoms with Crippen molar-refractivity contribution in [2.24, 2.45) is 5.92 Å². The van der Waals surface area contributed by atoms with E-state index in [1.807, 2.05) is 0 Å². The van der Waals surface area contributed by atoms with Crippen LogP contribution in [0.25, 0.3) is 0 Å². The molecule has 1 aromatic rings. The van der Waals surface area contributed by atoms with Gasteiger partial charge in [-0.3, -0.25) is 19.8 Å². The van der Waals surface area contributed by atoms with Gasteiger partial charge in [-0.05, 0) is 24.3 Å². The second-order valence-electron chi connectivity index (χ2n) is 7.96. The van der Waals surface area contributed by atoms with Gasteiger partial charge in [0, 0.05) is 13.0 Å². The maximum atomic E-state index is 13.9. The summed E-state index contributed by atoms with van der Waals surface area (Å²) in [6.45, 7) is -0.218. The summed E-state index contributed by atoms with van der Waals surface area (Å²) in [5.74, 6) is -2.08. The van der Waals surface area contributed by atoms with Gasteiger partial charge >= 0.3 is 12.2 Å². The van der Waals surface area contributed by atoms with E-state index in [0.717, 1.165) is 37.7 Å². The Hall–Kier alpha value is -2.58. The molecule has 3 rings (SSSR count). The zero-order valence-electron chi connectivity index (χ0n) is 16.6. The number of hydrogen-bond donors (Lipinski definition) is 2. The monoisotopic (exact) mass is 425 g/mol. The van der Waals surface area contributed by atoms with Gasteiger partial charge in [-0.25, -0.2) is 4.79 Å². The van der Waals surface area contributed by atoms with E-state index in [1.54, 1.807) is 41.0 Å². The molecule has 0 spiro atoms. The van der Waals surface area contributed by atoms with E-state index in [2.05, 4.69) is 0 Å². The normalized spacial score (nSPS) is 22.8. The van der Waals surface area contributed by atoms with Crippen LogP contribution in [-0.2, 0) is 16.0 Å². The number of nitrogens with zero attached hydrogens (tertiary/aromatic N) is 1. The van der Waals surface area contributed by atoms with E-state index in [0.29, 0.717) is 17.2 Å². The van der Waals surface area contributed by atoms with Crippen molar-refractivity contribution in [2.45, 2.75) is 63.2 Å². The summed E-state index contributed by atoms with van der Waals surface area (Å²) in [6, 6.07) is 7.64. The predicted octanol–water partition coefficient (Wildman–Crippen LogP) is 3.52. The molecule has 30 heavy (non-hydrogen) atoms. The fraction of sp³-hybridized carbons (Fsp3) is 0.571. The molecule has 4 amide bonds. The number of rotatable bonds is 7. The van der Waals surface area contributed by atoms with E-state index in [4.69, 9.17) is 0 Å². The molecule has 1 aromatic carbocycles. The SMILES string of the molecule is O=C(CCC1CCCCC1)N[C@@]1(C(F)(F)F)NC(=O)N(CCc2ccccc2)C1=O. The maximum Gasteiger partial charge on any atom is 0.440 e. The number of benzene rings is 1. The van der Waals surface area contributed by atoms with Gasteiger partial charge in [0.2, 0.25) is 5.91 Å². The largest absolute Gasteiger partial charge is 0.440 e. The molecule has 6 nitrogen and oxygen atoms in total. The number of carbonyl (C=O) groups excluding carboxylic acids is 3. The lowest BCUT2D eigenvalue weighted by molar-refractivity contribution is -0.204. The molecule has 1 heterocycles. The summed E-state index contributed by atoms with van der Waals surface area (Å²) in [7, 11) is 0. The molecule has 1 saturated heterocycles. The van der Waals surface area contributed by atoms with Crippen LogP contribution < -0.4 is 10.6 Å². The lowest BCUT2D eigenvalue weighted by Gasteiger charge is -2.30. The number of urea groups is 1. The van der Waals surface area contributed by atoms with E-state index >= 15 is 0 Å². The fourth-order valence-electron chi connectivity index (χ4n) is 4.10. The highest BCUT2D eigenvalue weighted by Crippen LogP contribution is 2.34. The maximum absolute atomic E-state index is 13.9. The zero-order chi connectivity index (χ0) is 21.8. The Bertz CT molecular complexity index is 779. The van der Waals surface area contributed by atoms with Crippen molar-refractivity contribution in [1.82, 2.24) is 15.5 Å². The highest BCUT2D eigenvalue weighted by molar-refractivity contribution is 6.08. The van der Waals surface area contributed by atoms with Crippen LogP contribution in [0.3, 0.4) is 0 Å². The number of alkyl halides is 3. The summed E-state index contributed by atoms with van der Waals surface area (Å²) in [6.07, 6.45) is 0.578. The number of imide groups is 1. The summed E-state index contributed by atoms with van der Waals surface area (Å²) in [5.41, 5.74) is -2.64. The van der Waals surface area contributed by atoms with E-state index in [9.17, 15) is 27.6 Å². The summed E-state index contributed by atoms with van der Waals surface area (Å²) >= 11 is 0. The minimum atomic E-state index is -5.16. The van der Waals surface area contributed by atoms with Gasteiger partial charge in [0.05, 0.1) is 0 Å². The molecular weight excluding hydrogens is 399 g/mol. The quantitative estimate of drug-likeness (QED) is 0.657. The fourth-order valence-corrected chi connectivity index (χ4v) is 4.10. The van der Waals surface area contributed by atoms with Gasteiger partial charge in [-0.1, -0.05) is 62.4 Å². The van der Waals surface area contributed by atoms with Crippen LogP contribution in [0.5, 0.6) is 0 Å². The Morgan fingerprint density at radius 1 is 1.13 bits per heavy atom. The third-order valence-corrected chi connectivity index (χ3v) is 5.83. The van der Waals surface area contributed by atoms with Crippen molar-refractivity contribution in [3.63, 3.8) is 0 Å². The predicted molar refractivity (Wildman–Crippen MR) is 103 cm³/mol. The zero-order valence-corrected chi connectivity index (χ0v) is 16.6. The number of amides is 4. The first kappa shape index (κ1) is 22.1. The molecule has 0 bridgehead atoms. The van der Waals surface area contributed by atoms with Crippen LogP contribution in [0.4, 0.5) is 18.0 Å². The molecule has 1 saturated carbocycles. The molecule has 2 fully saturated rings. The van der Waals surface area contributed by atoms with Gasteiger partial charge in [-0.2, -0.15) is 13.2 Å². The van der Waals surface area contributed by atoms with Crippen molar-refractivity contribution in [3.8, 4) is 0 Å². The first-order valence-electron chi connectivity index (χ1n) is 10.3. The van der Waals surface area contributed by atoms with Crippen LogP contribution in [0.1, 0.15) is 50.5 Å². The van der Waals surface area contributed by atoms with Gasteiger partial charge in [0.1, 0.15) is 0 Å². The minimum Gasteiger partial charge on any atom is -0.318 e. The molecule has 9 heteroatoms. The van der Waals surface area contributed by atoms with Crippen molar-refractivity contribution in [3.05, 3.63) is 35.9 Å². The van der Waals surface area contributed by atoms with E-state index in [-0.39, 0.29) is 19.4 Å². The topological polar surface area (TPSA) is 78.5 Å². The highest BCUT2D eigenvalue weighted by atomic mass is 19.4. The van der Waals surface area contributed by atoms with E-state index < -0.39 is 29.7 Å². The number of carbonyl (C=O) groups is 3. The van der Waals surface area contributed by atoms with Gasteiger partial charge < -0.3 is 5.32 Å². The molecule has 1 atom stereocenters. The molecule has 2 aliphatic rings. The van der Waals surface area contributed by atoms with Crippen LogP contribution >= 0.6 is 0 Å². The summed E-state index contributed by atoms with van der Waals surface area (Å²) in [5, 5.41) is 3.49. The van der Waals surface area contributed by atoms with Gasteiger partial charge in [-0.15, -0.1) is 0 Å². The molecular formula is C21H26F3N3O3. The second kappa shape index (κ2) is 9.06. The molecule has 164 valence electrons. The molecule has 1 aliphatic carbocycles. The van der Waals surface area contributed by atoms with Crippen LogP contribution in [0, 0.1) is 5.92 Å². The Balaban J connectivity index is 1.67. The lowest BCUT2D eigenvalue weighted by Crippen LogP contribution is -2.69. The average molecular weight is 425 g/mol. The molecule has 2 N–H and O–H groups in total. The molecule has 0 radical (unpaired) electrons. The average Bonchev–Trinajstić information content (AvgIpc) is 2.96.